The van der Waals surface area contributed by atoms with E-state index in [4.69, 9.17) is 9.84 Å². The Morgan fingerprint density at radius 2 is 1.76 bits per heavy atom. The average Bonchev–Trinajstić information content (AvgIpc) is 2.87. The highest BCUT2D eigenvalue weighted by atomic mass is 16.5. The molecule has 1 amide bonds. The number of amides is 1. The zero-order chi connectivity index (χ0) is 23.8. The third-order valence-corrected chi connectivity index (χ3v) is 6.04. The van der Waals surface area contributed by atoms with Crippen molar-refractivity contribution in [1.29, 1.82) is 0 Å². The van der Waals surface area contributed by atoms with E-state index < -0.39 is 5.97 Å². The minimum absolute atomic E-state index is 0.100. The molecule has 5 heteroatoms. The lowest BCUT2D eigenvalue weighted by molar-refractivity contribution is -0.117. The SMILES string of the molecule is O=C(NCCC1=CCCCC1)C(=Cc1ccc(C(=O)O)cc1)COc1cccc2ccccc12. The molecule has 1 aliphatic carbocycles. The van der Waals surface area contributed by atoms with Crippen molar-refractivity contribution in [1.82, 2.24) is 5.32 Å². The van der Waals surface area contributed by atoms with Crippen LogP contribution in [0.1, 0.15) is 48.0 Å². The first-order chi connectivity index (χ1) is 16.6. The Morgan fingerprint density at radius 3 is 2.53 bits per heavy atom. The summed E-state index contributed by atoms with van der Waals surface area (Å²) < 4.78 is 6.10. The highest BCUT2D eigenvalue weighted by molar-refractivity contribution is 5.98. The first-order valence-electron chi connectivity index (χ1n) is 11.7. The smallest absolute Gasteiger partial charge is 0.335 e. The summed E-state index contributed by atoms with van der Waals surface area (Å²) in [6.45, 7) is 0.678. The van der Waals surface area contributed by atoms with E-state index in [1.54, 1.807) is 18.2 Å². The normalized spacial score (nSPS) is 13.9. The average molecular weight is 456 g/mol. The summed E-state index contributed by atoms with van der Waals surface area (Å²) in [5, 5.41) is 14.2. The van der Waals surface area contributed by atoms with Crippen LogP contribution in [0.15, 0.2) is 84.0 Å². The van der Waals surface area contributed by atoms with E-state index in [1.165, 1.54) is 30.5 Å². The maximum atomic E-state index is 13.1. The minimum atomic E-state index is -0.982. The summed E-state index contributed by atoms with van der Waals surface area (Å²) >= 11 is 0. The van der Waals surface area contributed by atoms with Crippen LogP contribution in [0.5, 0.6) is 5.75 Å². The van der Waals surface area contributed by atoms with E-state index in [9.17, 15) is 9.59 Å². The fourth-order valence-corrected chi connectivity index (χ4v) is 4.15. The quantitative estimate of drug-likeness (QED) is 0.306. The van der Waals surface area contributed by atoms with Crippen LogP contribution in [0.25, 0.3) is 16.8 Å². The van der Waals surface area contributed by atoms with Crippen LogP contribution in [-0.2, 0) is 4.79 Å². The first-order valence-corrected chi connectivity index (χ1v) is 11.7. The highest BCUT2D eigenvalue weighted by Gasteiger charge is 2.13. The second-order valence-electron chi connectivity index (χ2n) is 8.48. The van der Waals surface area contributed by atoms with Gasteiger partial charge in [0.05, 0.1) is 11.1 Å². The van der Waals surface area contributed by atoms with E-state index in [0.717, 1.165) is 35.6 Å². The molecule has 1 aliphatic rings. The van der Waals surface area contributed by atoms with Gasteiger partial charge in [-0.25, -0.2) is 4.79 Å². The van der Waals surface area contributed by atoms with Gasteiger partial charge in [-0.1, -0.05) is 60.2 Å². The number of aromatic carboxylic acids is 1. The van der Waals surface area contributed by atoms with Crippen molar-refractivity contribution in [3.8, 4) is 5.75 Å². The van der Waals surface area contributed by atoms with Crippen molar-refractivity contribution >= 4 is 28.7 Å². The summed E-state index contributed by atoms with van der Waals surface area (Å²) in [7, 11) is 0. The highest BCUT2D eigenvalue weighted by Crippen LogP contribution is 2.26. The van der Waals surface area contributed by atoms with Crippen LogP contribution in [-0.4, -0.2) is 30.1 Å². The van der Waals surface area contributed by atoms with E-state index in [0.29, 0.717) is 17.9 Å². The van der Waals surface area contributed by atoms with Crippen molar-refractivity contribution < 1.29 is 19.4 Å². The minimum Gasteiger partial charge on any atom is -0.488 e. The molecule has 0 radical (unpaired) electrons. The number of carbonyl (C=O) groups is 2. The van der Waals surface area contributed by atoms with E-state index in [2.05, 4.69) is 11.4 Å². The van der Waals surface area contributed by atoms with Crippen LogP contribution in [0.3, 0.4) is 0 Å². The summed E-state index contributed by atoms with van der Waals surface area (Å²) in [5.74, 6) is -0.450. The lowest BCUT2D eigenvalue weighted by atomic mass is 9.97. The van der Waals surface area contributed by atoms with Gasteiger partial charge in [-0.15, -0.1) is 0 Å². The summed E-state index contributed by atoms with van der Waals surface area (Å²) in [5.41, 5.74) is 2.84. The Morgan fingerprint density at radius 1 is 0.971 bits per heavy atom. The maximum Gasteiger partial charge on any atom is 0.335 e. The lowest BCUT2D eigenvalue weighted by Crippen LogP contribution is -2.28. The number of ether oxygens (including phenoxy) is 1. The Hall–Kier alpha value is -3.86. The number of rotatable bonds is 9. The molecule has 0 spiro atoms. The molecule has 0 aromatic heterocycles. The third-order valence-electron chi connectivity index (χ3n) is 6.04. The maximum absolute atomic E-state index is 13.1. The zero-order valence-electron chi connectivity index (χ0n) is 19.1. The number of carboxylic acid groups (broad SMARTS) is 1. The Kier molecular flexibility index (Phi) is 7.76. The van der Waals surface area contributed by atoms with Crippen molar-refractivity contribution in [3.63, 3.8) is 0 Å². The topological polar surface area (TPSA) is 75.6 Å². The van der Waals surface area contributed by atoms with Crippen LogP contribution < -0.4 is 10.1 Å². The van der Waals surface area contributed by atoms with Gasteiger partial charge in [0.1, 0.15) is 12.4 Å². The second kappa shape index (κ2) is 11.3. The molecule has 0 atom stereocenters. The van der Waals surface area contributed by atoms with Gasteiger partial charge in [0.15, 0.2) is 0 Å². The molecule has 3 aromatic carbocycles. The van der Waals surface area contributed by atoms with Crippen LogP contribution in [0.4, 0.5) is 0 Å². The lowest BCUT2D eigenvalue weighted by Gasteiger charge is -2.15. The van der Waals surface area contributed by atoms with E-state index >= 15 is 0 Å². The molecule has 34 heavy (non-hydrogen) atoms. The molecule has 5 nitrogen and oxygen atoms in total. The fraction of sp³-hybridized carbons (Fsp3) is 0.241. The molecule has 0 heterocycles. The molecule has 0 saturated carbocycles. The van der Waals surface area contributed by atoms with Crippen LogP contribution >= 0.6 is 0 Å². The molecule has 4 rings (SSSR count). The van der Waals surface area contributed by atoms with Gasteiger partial charge in [0.25, 0.3) is 5.91 Å². The third kappa shape index (κ3) is 6.13. The number of carboxylic acids is 1. The molecular weight excluding hydrogens is 426 g/mol. The molecule has 0 saturated heterocycles. The van der Waals surface area contributed by atoms with Gasteiger partial charge in [-0.3, -0.25) is 4.79 Å². The summed E-state index contributed by atoms with van der Waals surface area (Å²) in [6, 6.07) is 20.3. The Bertz CT molecular complexity index is 1220. The first kappa shape index (κ1) is 23.3. The van der Waals surface area contributed by atoms with E-state index in [1.807, 2.05) is 42.5 Å². The molecule has 2 N–H and O–H groups in total. The number of hydrogen-bond donors (Lipinski definition) is 2. The van der Waals surface area contributed by atoms with Crippen molar-refractivity contribution in [2.75, 3.05) is 13.2 Å². The summed E-state index contributed by atoms with van der Waals surface area (Å²) in [4.78, 5) is 24.2. The number of hydrogen-bond acceptors (Lipinski definition) is 3. The summed E-state index contributed by atoms with van der Waals surface area (Å²) in [6.07, 6.45) is 9.60. The van der Waals surface area contributed by atoms with E-state index in [-0.39, 0.29) is 18.1 Å². The van der Waals surface area contributed by atoms with Crippen LogP contribution in [0.2, 0.25) is 0 Å². The largest absolute Gasteiger partial charge is 0.488 e. The Labute approximate surface area is 199 Å². The molecular formula is C29H29NO4. The van der Waals surface area contributed by atoms with Gasteiger partial charge in [0, 0.05) is 11.9 Å². The number of allylic oxidation sites excluding steroid dienone is 1. The monoisotopic (exact) mass is 455 g/mol. The predicted octanol–water partition coefficient (Wildman–Crippen LogP) is 6.01. The van der Waals surface area contributed by atoms with Gasteiger partial charge in [-0.05, 0) is 67.3 Å². The molecule has 3 aromatic rings. The van der Waals surface area contributed by atoms with Gasteiger partial charge in [0.2, 0.25) is 0 Å². The Balaban J connectivity index is 1.50. The molecule has 0 aliphatic heterocycles. The molecule has 0 unspecified atom stereocenters. The predicted molar refractivity (Wildman–Crippen MR) is 135 cm³/mol. The van der Waals surface area contributed by atoms with Gasteiger partial charge < -0.3 is 15.2 Å². The number of nitrogens with one attached hydrogen (secondary N) is 1. The van der Waals surface area contributed by atoms with Crippen molar-refractivity contribution in [3.05, 3.63) is 95.1 Å². The van der Waals surface area contributed by atoms with Gasteiger partial charge in [-0.2, -0.15) is 0 Å². The second-order valence-corrected chi connectivity index (χ2v) is 8.48. The standard InChI is InChI=1S/C29H29NO4/c31-28(30-18-17-21-7-2-1-3-8-21)25(19-22-13-15-24(16-14-22)29(32)33)20-34-27-12-6-10-23-9-4-5-11-26(23)27/h4-7,9-16,19H,1-3,8,17-18,20H2,(H,30,31)(H,32,33). The number of carbonyl (C=O) groups excluding carboxylic acids is 1. The number of benzene rings is 3. The number of fused-ring (bicyclic) bond motifs is 1. The fourth-order valence-electron chi connectivity index (χ4n) is 4.15. The van der Waals surface area contributed by atoms with Crippen molar-refractivity contribution in [2.24, 2.45) is 0 Å². The molecule has 174 valence electrons. The molecule has 0 fully saturated rings. The van der Waals surface area contributed by atoms with Crippen LogP contribution in [0, 0.1) is 0 Å². The zero-order valence-corrected chi connectivity index (χ0v) is 19.1. The van der Waals surface area contributed by atoms with Crippen molar-refractivity contribution in [2.45, 2.75) is 32.1 Å². The molecule has 0 bridgehead atoms. The van der Waals surface area contributed by atoms with Gasteiger partial charge >= 0.3 is 5.97 Å².